The average molecular weight is 435 g/mol. The number of benzene rings is 2. The molecule has 1 N–H and O–H groups in total. The highest BCUT2D eigenvalue weighted by atomic mass is 32.1. The quantitative estimate of drug-likeness (QED) is 0.582. The van der Waals surface area contributed by atoms with Crippen molar-refractivity contribution in [2.75, 3.05) is 26.8 Å². The number of carbonyl (C=O) groups is 2. The number of amides is 2. The lowest BCUT2D eigenvalue weighted by atomic mass is 9.79. The third-order valence-electron chi connectivity index (χ3n) is 5.65. The minimum absolute atomic E-state index is 0.0622. The van der Waals surface area contributed by atoms with Crippen LogP contribution in [0.5, 0.6) is 0 Å². The molecule has 0 saturated heterocycles. The molecule has 1 aliphatic heterocycles. The summed E-state index contributed by atoms with van der Waals surface area (Å²) >= 11 is 1.69. The second-order valence-corrected chi connectivity index (χ2v) is 8.56. The number of nitrogens with one attached hydrogen (secondary N) is 1. The number of nitrogens with zero attached hydrogens (tertiary/aromatic N) is 1. The van der Waals surface area contributed by atoms with Crippen molar-refractivity contribution in [1.82, 2.24) is 10.2 Å². The van der Waals surface area contributed by atoms with Crippen molar-refractivity contribution in [1.29, 1.82) is 0 Å². The number of carbonyl (C=O) groups excluding carboxylic acids is 2. The SMILES string of the molecule is COCCN1C(=O)c2ccccc2[C@H](C(=O)NCCc2cccs2)[C@@H]1c1ccccc1. The zero-order valence-electron chi connectivity index (χ0n) is 17.5. The standard InChI is InChI=1S/C25H26N2O3S/c1-30-16-15-27-23(18-8-3-2-4-9-18)22(20-11-5-6-12-21(20)25(27)29)24(28)26-14-13-19-10-7-17-31-19/h2-12,17,22-23H,13-16H2,1H3,(H,26,28)/t22-,23-/m0/s1. The lowest BCUT2D eigenvalue weighted by Gasteiger charge is -2.41. The second kappa shape index (κ2) is 9.90. The predicted molar refractivity (Wildman–Crippen MR) is 122 cm³/mol. The van der Waals surface area contributed by atoms with Gasteiger partial charge in [-0.25, -0.2) is 0 Å². The van der Waals surface area contributed by atoms with Crippen molar-refractivity contribution < 1.29 is 14.3 Å². The van der Waals surface area contributed by atoms with Crippen LogP contribution in [0.1, 0.15) is 38.3 Å². The zero-order valence-corrected chi connectivity index (χ0v) is 18.3. The molecule has 2 atom stereocenters. The molecule has 0 fully saturated rings. The summed E-state index contributed by atoms with van der Waals surface area (Å²) in [6.45, 7) is 1.39. The maximum Gasteiger partial charge on any atom is 0.254 e. The van der Waals surface area contributed by atoms with E-state index in [9.17, 15) is 9.59 Å². The number of ether oxygens (including phenoxy) is 1. The third kappa shape index (κ3) is 4.55. The molecule has 1 aliphatic rings. The Balaban J connectivity index is 1.69. The van der Waals surface area contributed by atoms with Gasteiger partial charge >= 0.3 is 0 Å². The van der Waals surface area contributed by atoms with Gasteiger partial charge in [-0.1, -0.05) is 54.6 Å². The normalized spacial score (nSPS) is 18.0. The van der Waals surface area contributed by atoms with E-state index in [-0.39, 0.29) is 17.9 Å². The van der Waals surface area contributed by atoms with Crippen LogP contribution in [0.2, 0.25) is 0 Å². The summed E-state index contributed by atoms with van der Waals surface area (Å²) in [6.07, 6.45) is 0.792. The van der Waals surface area contributed by atoms with Crippen LogP contribution in [0.15, 0.2) is 72.1 Å². The van der Waals surface area contributed by atoms with Crippen LogP contribution in [0, 0.1) is 0 Å². The Labute approximate surface area is 186 Å². The van der Waals surface area contributed by atoms with Crippen molar-refractivity contribution in [2.24, 2.45) is 0 Å². The molecule has 2 heterocycles. The molecular formula is C25H26N2O3S. The van der Waals surface area contributed by atoms with Gasteiger partial charge in [0.2, 0.25) is 5.91 Å². The highest BCUT2D eigenvalue weighted by Gasteiger charge is 2.43. The fourth-order valence-electron chi connectivity index (χ4n) is 4.21. The minimum atomic E-state index is -0.489. The molecule has 2 aromatic carbocycles. The highest BCUT2D eigenvalue weighted by Crippen LogP contribution is 2.42. The van der Waals surface area contributed by atoms with E-state index in [1.165, 1.54) is 4.88 Å². The molecule has 0 aliphatic carbocycles. The van der Waals surface area contributed by atoms with E-state index in [1.807, 2.05) is 66.0 Å². The van der Waals surface area contributed by atoms with Crippen molar-refractivity contribution >= 4 is 23.2 Å². The Kier molecular flexibility index (Phi) is 6.79. The summed E-state index contributed by atoms with van der Waals surface area (Å²) in [5.41, 5.74) is 2.31. The Morgan fingerprint density at radius 3 is 2.58 bits per heavy atom. The molecule has 0 bridgehead atoms. The molecular weight excluding hydrogens is 408 g/mol. The summed E-state index contributed by atoms with van der Waals surface area (Å²) in [4.78, 5) is 29.9. The van der Waals surface area contributed by atoms with Crippen molar-refractivity contribution in [3.63, 3.8) is 0 Å². The number of fused-ring (bicyclic) bond motifs is 1. The van der Waals surface area contributed by atoms with Crippen LogP contribution >= 0.6 is 11.3 Å². The molecule has 5 nitrogen and oxygen atoms in total. The van der Waals surface area contributed by atoms with Crippen LogP contribution in [-0.4, -0.2) is 43.5 Å². The first-order valence-electron chi connectivity index (χ1n) is 10.4. The van der Waals surface area contributed by atoms with Gasteiger partial charge in [-0.15, -0.1) is 11.3 Å². The first-order chi connectivity index (χ1) is 15.2. The van der Waals surface area contributed by atoms with Crippen LogP contribution in [-0.2, 0) is 16.0 Å². The van der Waals surface area contributed by atoms with E-state index in [4.69, 9.17) is 4.74 Å². The largest absolute Gasteiger partial charge is 0.383 e. The van der Waals surface area contributed by atoms with Gasteiger partial charge in [0, 0.05) is 30.6 Å². The Bertz CT molecular complexity index is 1020. The molecule has 3 aromatic rings. The summed E-state index contributed by atoms with van der Waals surface area (Å²) in [5.74, 6) is -0.617. The van der Waals surface area contributed by atoms with Gasteiger partial charge in [-0.05, 0) is 35.1 Å². The molecule has 160 valence electrons. The molecule has 31 heavy (non-hydrogen) atoms. The van der Waals surface area contributed by atoms with E-state index in [1.54, 1.807) is 23.3 Å². The number of methoxy groups -OCH3 is 1. The van der Waals surface area contributed by atoms with Crippen LogP contribution < -0.4 is 5.32 Å². The van der Waals surface area contributed by atoms with Crippen molar-refractivity contribution in [3.8, 4) is 0 Å². The molecule has 0 radical (unpaired) electrons. The monoisotopic (exact) mass is 434 g/mol. The van der Waals surface area contributed by atoms with Crippen LogP contribution in [0.4, 0.5) is 0 Å². The van der Waals surface area contributed by atoms with Gasteiger partial charge in [0.1, 0.15) is 0 Å². The summed E-state index contributed by atoms with van der Waals surface area (Å²) in [5, 5.41) is 5.16. The summed E-state index contributed by atoms with van der Waals surface area (Å²) in [7, 11) is 1.62. The molecule has 1 aromatic heterocycles. The smallest absolute Gasteiger partial charge is 0.254 e. The van der Waals surface area contributed by atoms with E-state index >= 15 is 0 Å². The fourth-order valence-corrected chi connectivity index (χ4v) is 4.91. The Morgan fingerprint density at radius 1 is 1.06 bits per heavy atom. The highest BCUT2D eigenvalue weighted by molar-refractivity contribution is 7.09. The minimum Gasteiger partial charge on any atom is -0.383 e. The van der Waals surface area contributed by atoms with Gasteiger partial charge in [0.15, 0.2) is 0 Å². The first-order valence-corrected chi connectivity index (χ1v) is 11.3. The van der Waals surface area contributed by atoms with Gasteiger partial charge in [0.25, 0.3) is 5.91 Å². The van der Waals surface area contributed by atoms with E-state index in [2.05, 4.69) is 11.4 Å². The molecule has 0 saturated carbocycles. The second-order valence-electron chi connectivity index (χ2n) is 7.53. The number of thiophene rings is 1. The molecule has 4 rings (SSSR count). The van der Waals surface area contributed by atoms with Crippen molar-refractivity contribution in [2.45, 2.75) is 18.4 Å². The van der Waals surface area contributed by atoms with Gasteiger partial charge in [-0.3, -0.25) is 9.59 Å². The van der Waals surface area contributed by atoms with Gasteiger partial charge < -0.3 is 15.0 Å². The summed E-state index contributed by atoms with van der Waals surface area (Å²) in [6, 6.07) is 21.0. The van der Waals surface area contributed by atoms with Crippen molar-refractivity contribution in [3.05, 3.63) is 93.7 Å². The Morgan fingerprint density at radius 2 is 1.84 bits per heavy atom. The Hall–Kier alpha value is -2.96. The lowest BCUT2D eigenvalue weighted by Crippen LogP contribution is -2.48. The van der Waals surface area contributed by atoms with Crippen LogP contribution in [0.25, 0.3) is 0 Å². The van der Waals surface area contributed by atoms with Crippen LogP contribution in [0.3, 0.4) is 0 Å². The lowest BCUT2D eigenvalue weighted by molar-refractivity contribution is -0.124. The van der Waals surface area contributed by atoms with E-state index in [0.717, 1.165) is 17.5 Å². The number of rotatable bonds is 8. The maximum atomic E-state index is 13.5. The summed E-state index contributed by atoms with van der Waals surface area (Å²) < 4.78 is 5.27. The number of hydrogen-bond donors (Lipinski definition) is 1. The third-order valence-corrected chi connectivity index (χ3v) is 6.59. The topological polar surface area (TPSA) is 58.6 Å². The van der Waals surface area contributed by atoms with E-state index in [0.29, 0.717) is 25.3 Å². The first kappa shape index (κ1) is 21.3. The number of hydrogen-bond acceptors (Lipinski definition) is 4. The van der Waals surface area contributed by atoms with Gasteiger partial charge in [0.05, 0.1) is 18.6 Å². The fraction of sp³-hybridized carbons (Fsp3) is 0.280. The van der Waals surface area contributed by atoms with E-state index < -0.39 is 5.92 Å². The molecule has 6 heteroatoms. The van der Waals surface area contributed by atoms with Gasteiger partial charge in [-0.2, -0.15) is 0 Å². The molecule has 0 spiro atoms. The average Bonchev–Trinajstić information content (AvgIpc) is 3.32. The molecule has 2 amide bonds. The molecule has 0 unspecified atom stereocenters. The predicted octanol–water partition coefficient (Wildman–Crippen LogP) is 4.03. The zero-order chi connectivity index (χ0) is 21.6. The maximum absolute atomic E-state index is 13.5.